The minimum atomic E-state index is -0.802. The molecule has 3 rings (SSSR count). The Kier molecular flexibility index (Phi) is 3.90. The third-order valence-electron chi connectivity index (χ3n) is 4.22. The Balaban J connectivity index is 1.40. The standard InChI is InChI=1S/C14H19N3O4/c18-13(9-3-4-10(7-9)14(19)20)15-6-5-11-16-12(17-21-11)8-1-2-8/h8-10H,1-7H2,(H,15,18)(H,19,20)/t9-,10+/m0/s1. The maximum atomic E-state index is 12.0. The highest BCUT2D eigenvalue weighted by atomic mass is 16.5. The van der Waals surface area contributed by atoms with E-state index in [1.165, 1.54) is 0 Å². The van der Waals surface area contributed by atoms with Crippen LogP contribution in [0.25, 0.3) is 0 Å². The molecule has 114 valence electrons. The molecular weight excluding hydrogens is 274 g/mol. The summed E-state index contributed by atoms with van der Waals surface area (Å²) in [6.07, 6.45) is 4.44. The van der Waals surface area contributed by atoms with Gasteiger partial charge in [0.2, 0.25) is 11.8 Å². The lowest BCUT2D eigenvalue weighted by atomic mass is 10.0. The first-order valence-corrected chi connectivity index (χ1v) is 7.46. The molecule has 1 aromatic heterocycles. The number of hydrogen-bond acceptors (Lipinski definition) is 5. The summed E-state index contributed by atoms with van der Waals surface area (Å²) in [5.74, 6) is 0.352. The molecule has 7 nitrogen and oxygen atoms in total. The van der Waals surface area contributed by atoms with Crippen LogP contribution in [0.5, 0.6) is 0 Å². The SMILES string of the molecule is O=C(O)[C@@H]1CC[C@H](C(=O)NCCc2nc(C3CC3)no2)C1. The van der Waals surface area contributed by atoms with Crippen molar-refractivity contribution in [3.05, 3.63) is 11.7 Å². The lowest BCUT2D eigenvalue weighted by molar-refractivity contribution is -0.141. The van der Waals surface area contributed by atoms with Crippen LogP contribution in [0.2, 0.25) is 0 Å². The van der Waals surface area contributed by atoms with Crippen LogP contribution in [0, 0.1) is 11.8 Å². The van der Waals surface area contributed by atoms with Gasteiger partial charge >= 0.3 is 5.97 Å². The van der Waals surface area contributed by atoms with Crippen LogP contribution in [0.3, 0.4) is 0 Å². The number of carbonyl (C=O) groups is 2. The van der Waals surface area contributed by atoms with E-state index in [0.717, 1.165) is 18.7 Å². The molecule has 2 atom stereocenters. The fourth-order valence-electron chi connectivity index (χ4n) is 2.76. The number of hydrogen-bond donors (Lipinski definition) is 2. The molecule has 21 heavy (non-hydrogen) atoms. The highest BCUT2D eigenvalue weighted by Gasteiger charge is 2.33. The molecule has 2 aliphatic carbocycles. The van der Waals surface area contributed by atoms with Crippen molar-refractivity contribution < 1.29 is 19.2 Å². The quantitative estimate of drug-likeness (QED) is 0.814. The van der Waals surface area contributed by atoms with Crippen LogP contribution < -0.4 is 5.32 Å². The summed E-state index contributed by atoms with van der Waals surface area (Å²) in [4.78, 5) is 27.1. The zero-order valence-corrected chi connectivity index (χ0v) is 11.7. The van der Waals surface area contributed by atoms with Crippen molar-refractivity contribution in [1.29, 1.82) is 0 Å². The second-order valence-corrected chi connectivity index (χ2v) is 5.91. The van der Waals surface area contributed by atoms with Gasteiger partial charge in [-0.05, 0) is 32.1 Å². The first kappa shape index (κ1) is 14.0. The van der Waals surface area contributed by atoms with E-state index >= 15 is 0 Å². The highest BCUT2D eigenvalue weighted by molar-refractivity contribution is 5.80. The van der Waals surface area contributed by atoms with Gasteiger partial charge in [0.15, 0.2) is 5.82 Å². The summed E-state index contributed by atoms with van der Waals surface area (Å²) in [7, 11) is 0. The molecule has 7 heteroatoms. The van der Waals surface area contributed by atoms with Gasteiger partial charge in [-0.1, -0.05) is 5.16 Å². The van der Waals surface area contributed by atoms with Crippen molar-refractivity contribution in [2.24, 2.45) is 11.8 Å². The molecule has 1 heterocycles. The Labute approximate surface area is 122 Å². The molecule has 0 aromatic carbocycles. The van der Waals surface area contributed by atoms with E-state index in [0.29, 0.717) is 44.0 Å². The van der Waals surface area contributed by atoms with Crippen molar-refractivity contribution in [2.45, 2.75) is 44.4 Å². The fraction of sp³-hybridized carbons (Fsp3) is 0.714. The van der Waals surface area contributed by atoms with Crippen molar-refractivity contribution in [2.75, 3.05) is 6.54 Å². The number of nitrogens with zero attached hydrogens (tertiary/aromatic N) is 2. The van der Waals surface area contributed by atoms with E-state index in [2.05, 4.69) is 15.5 Å². The van der Waals surface area contributed by atoms with Gasteiger partial charge in [0.25, 0.3) is 0 Å². The van der Waals surface area contributed by atoms with Crippen molar-refractivity contribution in [3.8, 4) is 0 Å². The molecule has 0 unspecified atom stereocenters. The maximum Gasteiger partial charge on any atom is 0.306 e. The van der Waals surface area contributed by atoms with Crippen molar-refractivity contribution in [1.82, 2.24) is 15.5 Å². The molecule has 0 radical (unpaired) electrons. The van der Waals surface area contributed by atoms with Crippen molar-refractivity contribution >= 4 is 11.9 Å². The lowest BCUT2D eigenvalue weighted by Crippen LogP contribution is -2.31. The van der Waals surface area contributed by atoms with Gasteiger partial charge in [-0.2, -0.15) is 4.98 Å². The van der Waals surface area contributed by atoms with E-state index in [1.54, 1.807) is 0 Å². The average molecular weight is 293 g/mol. The topological polar surface area (TPSA) is 105 Å². The Bertz CT molecular complexity index is 538. The highest BCUT2D eigenvalue weighted by Crippen LogP contribution is 2.38. The first-order chi connectivity index (χ1) is 10.1. The summed E-state index contributed by atoms with van der Waals surface area (Å²) in [5, 5.41) is 15.7. The van der Waals surface area contributed by atoms with E-state index < -0.39 is 5.97 Å². The molecule has 0 saturated heterocycles. The summed E-state index contributed by atoms with van der Waals surface area (Å²) in [6, 6.07) is 0. The second-order valence-electron chi connectivity index (χ2n) is 5.91. The molecule has 2 aliphatic rings. The third-order valence-corrected chi connectivity index (χ3v) is 4.22. The normalized spacial score (nSPS) is 25.0. The zero-order chi connectivity index (χ0) is 14.8. The Morgan fingerprint density at radius 1 is 1.24 bits per heavy atom. The molecule has 2 N–H and O–H groups in total. The van der Waals surface area contributed by atoms with Gasteiger partial charge in [-0.15, -0.1) is 0 Å². The molecule has 0 bridgehead atoms. The second kappa shape index (κ2) is 5.83. The van der Waals surface area contributed by atoms with Gasteiger partial charge in [0, 0.05) is 24.8 Å². The largest absolute Gasteiger partial charge is 0.481 e. The van der Waals surface area contributed by atoms with Gasteiger partial charge < -0.3 is 14.9 Å². The van der Waals surface area contributed by atoms with Gasteiger partial charge in [0.1, 0.15) is 0 Å². The average Bonchev–Trinajstić information content (AvgIpc) is 3.01. The van der Waals surface area contributed by atoms with Crippen LogP contribution in [0.4, 0.5) is 0 Å². The molecule has 0 spiro atoms. The minimum absolute atomic E-state index is 0.0688. The summed E-state index contributed by atoms with van der Waals surface area (Å²) >= 11 is 0. The molecule has 2 saturated carbocycles. The van der Waals surface area contributed by atoms with Gasteiger partial charge in [-0.25, -0.2) is 0 Å². The predicted molar refractivity (Wildman–Crippen MR) is 71.5 cm³/mol. The van der Waals surface area contributed by atoms with E-state index in [4.69, 9.17) is 9.63 Å². The summed E-state index contributed by atoms with van der Waals surface area (Å²) in [6.45, 7) is 0.444. The Hall–Kier alpha value is -1.92. The first-order valence-electron chi connectivity index (χ1n) is 7.46. The van der Waals surface area contributed by atoms with Crippen molar-refractivity contribution in [3.63, 3.8) is 0 Å². The number of amides is 1. The number of carbonyl (C=O) groups excluding carboxylic acids is 1. The van der Waals surface area contributed by atoms with E-state index in [9.17, 15) is 9.59 Å². The molecule has 1 aromatic rings. The van der Waals surface area contributed by atoms with E-state index in [1.807, 2.05) is 0 Å². The Morgan fingerprint density at radius 3 is 2.67 bits per heavy atom. The van der Waals surface area contributed by atoms with Crippen LogP contribution in [-0.2, 0) is 16.0 Å². The number of aliphatic carboxylic acids is 1. The van der Waals surface area contributed by atoms with Gasteiger partial charge in [-0.3, -0.25) is 9.59 Å². The van der Waals surface area contributed by atoms with E-state index in [-0.39, 0.29) is 17.7 Å². The monoisotopic (exact) mass is 293 g/mol. The number of aromatic nitrogens is 2. The minimum Gasteiger partial charge on any atom is -0.481 e. The number of carboxylic acids is 1. The third kappa shape index (κ3) is 3.40. The lowest BCUT2D eigenvalue weighted by Gasteiger charge is -2.09. The van der Waals surface area contributed by atoms with Crippen LogP contribution in [0.15, 0.2) is 4.52 Å². The zero-order valence-electron chi connectivity index (χ0n) is 11.7. The fourth-order valence-corrected chi connectivity index (χ4v) is 2.76. The maximum absolute atomic E-state index is 12.0. The van der Waals surface area contributed by atoms with Crippen LogP contribution in [-0.4, -0.2) is 33.7 Å². The smallest absolute Gasteiger partial charge is 0.306 e. The molecule has 0 aliphatic heterocycles. The van der Waals surface area contributed by atoms with Gasteiger partial charge in [0.05, 0.1) is 5.92 Å². The predicted octanol–water partition coefficient (Wildman–Crippen LogP) is 1.11. The number of carboxylic acid groups (broad SMARTS) is 1. The summed E-state index contributed by atoms with van der Waals surface area (Å²) in [5.41, 5.74) is 0. The summed E-state index contributed by atoms with van der Waals surface area (Å²) < 4.78 is 5.13. The molecule has 1 amide bonds. The number of nitrogens with one attached hydrogen (secondary N) is 1. The Morgan fingerprint density at radius 2 is 2.00 bits per heavy atom. The molecular formula is C14H19N3O4. The molecule has 2 fully saturated rings. The van der Waals surface area contributed by atoms with Crippen LogP contribution >= 0.6 is 0 Å². The van der Waals surface area contributed by atoms with Crippen LogP contribution in [0.1, 0.15) is 49.7 Å². The number of rotatable bonds is 6.